The Morgan fingerprint density at radius 3 is 2.20 bits per heavy atom. The van der Waals surface area contributed by atoms with E-state index in [0.717, 1.165) is 22.3 Å². The van der Waals surface area contributed by atoms with Crippen molar-refractivity contribution < 1.29 is 9.47 Å². The molecule has 0 aromatic heterocycles. The maximum atomic E-state index is 5.45. The predicted octanol–water partition coefficient (Wildman–Crippen LogP) is 3.06. The van der Waals surface area contributed by atoms with Crippen molar-refractivity contribution in [3.63, 3.8) is 0 Å². The van der Waals surface area contributed by atoms with E-state index in [-0.39, 0.29) is 0 Å². The Morgan fingerprint density at radius 1 is 1.00 bits per heavy atom. The van der Waals surface area contributed by atoms with E-state index in [1.807, 2.05) is 36.4 Å². The van der Waals surface area contributed by atoms with E-state index in [4.69, 9.17) is 9.47 Å². The van der Waals surface area contributed by atoms with Gasteiger partial charge in [-0.1, -0.05) is 24.3 Å². The molecule has 0 N–H and O–H groups in total. The zero-order chi connectivity index (χ0) is 10.7. The summed E-state index contributed by atoms with van der Waals surface area (Å²) in [6.07, 6.45) is 0. The molecule has 0 aliphatic heterocycles. The van der Waals surface area contributed by atoms with Crippen molar-refractivity contribution in [2.75, 3.05) is 13.7 Å². The predicted molar refractivity (Wildman–Crippen MR) is 61.4 cm³/mol. The third-order valence-electron chi connectivity index (χ3n) is 2.32. The fourth-order valence-electron chi connectivity index (χ4n) is 1.66. The molecule has 0 saturated heterocycles. The van der Waals surface area contributed by atoms with E-state index < -0.39 is 0 Å². The fourth-order valence-corrected chi connectivity index (χ4v) is 1.66. The van der Waals surface area contributed by atoms with Gasteiger partial charge in [0.2, 0.25) is 0 Å². The number of fused-ring (bicyclic) bond motifs is 1. The first-order valence-electron chi connectivity index (χ1n) is 4.84. The minimum absolute atomic E-state index is 0.427. The molecule has 0 heterocycles. The van der Waals surface area contributed by atoms with E-state index in [1.54, 1.807) is 7.11 Å². The molecule has 0 aliphatic carbocycles. The highest BCUT2D eigenvalue weighted by atomic mass is 16.5. The van der Waals surface area contributed by atoms with E-state index in [9.17, 15) is 0 Å². The molecule has 0 fully saturated rings. The van der Waals surface area contributed by atoms with Crippen LogP contribution in [0, 0.1) is 6.92 Å². The Kier molecular flexibility index (Phi) is 2.77. The summed E-state index contributed by atoms with van der Waals surface area (Å²) in [5.41, 5.74) is 0. The summed E-state index contributed by atoms with van der Waals surface area (Å²) in [6.45, 7) is 4.10. The third-order valence-corrected chi connectivity index (χ3v) is 2.32. The highest BCUT2D eigenvalue weighted by Crippen LogP contribution is 2.32. The van der Waals surface area contributed by atoms with Gasteiger partial charge in [-0.3, -0.25) is 0 Å². The van der Waals surface area contributed by atoms with Crippen molar-refractivity contribution in [3.8, 4) is 11.5 Å². The lowest BCUT2D eigenvalue weighted by Gasteiger charge is -2.10. The maximum Gasteiger partial charge on any atom is 0.127 e. The van der Waals surface area contributed by atoms with Gasteiger partial charge in [-0.25, -0.2) is 0 Å². The molecule has 2 aromatic rings. The van der Waals surface area contributed by atoms with Crippen molar-refractivity contribution in [2.24, 2.45) is 0 Å². The average molecular weight is 201 g/mol. The van der Waals surface area contributed by atoms with Gasteiger partial charge < -0.3 is 9.47 Å². The summed E-state index contributed by atoms with van der Waals surface area (Å²) in [6, 6.07) is 11.8. The Hall–Kier alpha value is -1.70. The zero-order valence-electron chi connectivity index (χ0n) is 8.69. The molecule has 1 radical (unpaired) electrons. The number of methoxy groups -OCH3 is 1. The van der Waals surface area contributed by atoms with Gasteiger partial charge >= 0.3 is 0 Å². The molecular formula is C13H13O2. The second-order valence-electron chi connectivity index (χ2n) is 3.16. The van der Waals surface area contributed by atoms with E-state index in [1.165, 1.54) is 0 Å². The van der Waals surface area contributed by atoms with Crippen LogP contribution in [-0.4, -0.2) is 13.7 Å². The van der Waals surface area contributed by atoms with Gasteiger partial charge in [-0.2, -0.15) is 0 Å². The summed E-state index contributed by atoms with van der Waals surface area (Å²) >= 11 is 0. The summed E-state index contributed by atoms with van der Waals surface area (Å²) in [5, 5.41) is 2.12. The molecule has 77 valence electrons. The lowest BCUT2D eigenvalue weighted by atomic mass is 10.1. The molecule has 2 heteroatoms. The Morgan fingerprint density at radius 2 is 1.60 bits per heavy atom. The van der Waals surface area contributed by atoms with Crippen LogP contribution in [0.3, 0.4) is 0 Å². The smallest absolute Gasteiger partial charge is 0.127 e. The molecule has 0 bridgehead atoms. The van der Waals surface area contributed by atoms with Crippen LogP contribution in [0.25, 0.3) is 10.8 Å². The van der Waals surface area contributed by atoms with Crippen LogP contribution >= 0.6 is 0 Å². The molecule has 15 heavy (non-hydrogen) atoms. The van der Waals surface area contributed by atoms with E-state index in [0.29, 0.717) is 6.61 Å². The van der Waals surface area contributed by atoms with Crippen molar-refractivity contribution in [3.05, 3.63) is 43.3 Å². The van der Waals surface area contributed by atoms with E-state index in [2.05, 4.69) is 6.92 Å². The minimum atomic E-state index is 0.427. The van der Waals surface area contributed by atoms with Gasteiger partial charge in [0.1, 0.15) is 11.5 Å². The molecule has 0 unspecified atom stereocenters. The summed E-state index contributed by atoms with van der Waals surface area (Å²) in [5.74, 6) is 1.71. The molecule has 0 atom stereocenters. The van der Waals surface area contributed by atoms with Crippen molar-refractivity contribution in [2.45, 2.75) is 0 Å². The monoisotopic (exact) mass is 201 g/mol. The summed E-state index contributed by atoms with van der Waals surface area (Å²) < 4.78 is 10.7. The number of benzene rings is 2. The summed E-state index contributed by atoms with van der Waals surface area (Å²) in [7, 11) is 1.67. The molecule has 0 saturated carbocycles. The molecular weight excluding hydrogens is 188 g/mol. The molecule has 0 spiro atoms. The highest BCUT2D eigenvalue weighted by Gasteiger charge is 2.05. The van der Waals surface area contributed by atoms with Crippen LogP contribution in [0.5, 0.6) is 11.5 Å². The Bertz CT molecular complexity index is 463. The number of ether oxygens (including phenoxy) is 2. The third kappa shape index (κ3) is 1.75. The van der Waals surface area contributed by atoms with Crippen molar-refractivity contribution in [1.82, 2.24) is 0 Å². The number of rotatable bonds is 3. The average Bonchev–Trinajstić information content (AvgIpc) is 2.30. The second kappa shape index (κ2) is 4.22. The fraction of sp³-hybridized carbons (Fsp3) is 0.154. The van der Waals surface area contributed by atoms with Gasteiger partial charge in [0, 0.05) is 10.8 Å². The van der Waals surface area contributed by atoms with Gasteiger partial charge in [-0.05, 0) is 19.1 Å². The Labute approximate surface area is 89.4 Å². The van der Waals surface area contributed by atoms with Crippen LogP contribution < -0.4 is 9.47 Å². The van der Waals surface area contributed by atoms with Crippen LogP contribution in [0.1, 0.15) is 0 Å². The van der Waals surface area contributed by atoms with Gasteiger partial charge in [0.25, 0.3) is 0 Å². The molecule has 0 amide bonds. The normalized spacial score (nSPS) is 10.3. The van der Waals surface area contributed by atoms with E-state index >= 15 is 0 Å². The molecule has 2 rings (SSSR count). The standard InChI is InChI=1S/C13H13O2/c1-3-15-13-9-8-12(14-2)10-6-4-5-7-11(10)13/h4-9H,1,3H2,2H3. The minimum Gasteiger partial charge on any atom is -0.496 e. The van der Waals surface area contributed by atoms with Gasteiger partial charge in [0.15, 0.2) is 0 Å². The van der Waals surface area contributed by atoms with Crippen LogP contribution in [0.2, 0.25) is 0 Å². The first-order chi connectivity index (χ1) is 7.36. The van der Waals surface area contributed by atoms with Crippen LogP contribution in [0.4, 0.5) is 0 Å². The SMILES string of the molecule is [CH2]COc1ccc(OC)c2ccccc12. The van der Waals surface area contributed by atoms with Crippen molar-refractivity contribution >= 4 is 10.8 Å². The maximum absolute atomic E-state index is 5.45. The molecule has 2 nitrogen and oxygen atoms in total. The second-order valence-corrected chi connectivity index (χ2v) is 3.16. The topological polar surface area (TPSA) is 18.5 Å². The number of hydrogen-bond acceptors (Lipinski definition) is 2. The molecule has 2 aromatic carbocycles. The first-order valence-corrected chi connectivity index (χ1v) is 4.84. The molecule has 0 aliphatic rings. The lowest BCUT2D eigenvalue weighted by molar-refractivity contribution is 0.364. The lowest BCUT2D eigenvalue weighted by Crippen LogP contribution is -1.93. The van der Waals surface area contributed by atoms with Gasteiger partial charge in [-0.15, -0.1) is 0 Å². The quantitative estimate of drug-likeness (QED) is 0.759. The zero-order valence-corrected chi connectivity index (χ0v) is 8.69. The van der Waals surface area contributed by atoms with Crippen molar-refractivity contribution in [1.29, 1.82) is 0 Å². The summed E-state index contributed by atoms with van der Waals surface area (Å²) in [4.78, 5) is 0. The van der Waals surface area contributed by atoms with Crippen LogP contribution in [-0.2, 0) is 0 Å². The Balaban J connectivity index is 2.66. The van der Waals surface area contributed by atoms with Gasteiger partial charge in [0.05, 0.1) is 13.7 Å². The highest BCUT2D eigenvalue weighted by molar-refractivity contribution is 5.93. The van der Waals surface area contributed by atoms with Crippen LogP contribution in [0.15, 0.2) is 36.4 Å². The largest absolute Gasteiger partial charge is 0.496 e. The first kappa shape index (κ1) is 9.84. The number of hydrogen-bond donors (Lipinski definition) is 0.